The highest BCUT2D eigenvalue weighted by Gasteiger charge is 2.31. The molecule has 5 rings (SSSR count). The van der Waals surface area contributed by atoms with Gasteiger partial charge in [0.05, 0.1) is 16.9 Å². The lowest BCUT2D eigenvalue weighted by atomic mass is 10.1. The Morgan fingerprint density at radius 2 is 1.86 bits per heavy atom. The number of aromatic nitrogens is 6. The number of nitrogens with zero attached hydrogens (tertiary/aromatic N) is 5. The third-order valence-electron chi connectivity index (χ3n) is 5.71. The number of aryl methyl sites for hydroxylation is 2. The zero-order chi connectivity index (χ0) is 24.6. The van der Waals surface area contributed by atoms with E-state index in [2.05, 4.69) is 30.9 Å². The highest BCUT2D eigenvalue weighted by Crippen LogP contribution is 2.39. The van der Waals surface area contributed by atoms with Crippen LogP contribution in [0.2, 0.25) is 0 Å². The van der Waals surface area contributed by atoms with E-state index in [4.69, 9.17) is 0 Å². The van der Waals surface area contributed by atoms with Gasteiger partial charge in [-0.05, 0) is 55.2 Å². The largest absolute Gasteiger partial charge is 0.416 e. The van der Waals surface area contributed by atoms with E-state index in [1.54, 1.807) is 18.3 Å². The molecule has 1 aliphatic carbocycles. The van der Waals surface area contributed by atoms with Crippen molar-refractivity contribution < 1.29 is 17.6 Å². The average Bonchev–Trinajstić information content (AvgIpc) is 3.55. The lowest BCUT2D eigenvalue weighted by molar-refractivity contribution is -0.137. The van der Waals surface area contributed by atoms with Crippen LogP contribution in [0.4, 0.5) is 29.1 Å². The van der Waals surface area contributed by atoms with E-state index in [1.165, 1.54) is 4.57 Å². The molecular weight excluding hydrogens is 466 g/mol. The minimum atomic E-state index is -4.67. The predicted octanol–water partition coefficient (Wildman–Crippen LogP) is 4.31. The molecule has 0 spiro atoms. The molecule has 1 saturated carbocycles. The van der Waals surface area contributed by atoms with E-state index in [1.807, 2.05) is 12.1 Å². The summed E-state index contributed by atoms with van der Waals surface area (Å²) >= 11 is 0. The second kappa shape index (κ2) is 8.93. The number of benzene rings is 2. The number of aromatic amines is 1. The molecule has 0 unspecified atom stereocenters. The summed E-state index contributed by atoms with van der Waals surface area (Å²) in [5.41, 5.74) is 0.316. The molecular formula is C23H19F4N7O. The SMILES string of the molecule is O=c1c(Nc2ccc(C(F)(F)F)cc2F)nc(C2CC2)cn1-c1ccc(CCc2nn[nH]n2)cc1. The Morgan fingerprint density at radius 3 is 2.49 bits per heavy atom. The number of alkyl halides is 3. The number of hydrogen-bond acceptors (Lipinski definition) is 6. The number of nitrogens with one attached hydrogen (secondary N) is 2. The van der Waals surface area contributed by atoms with Gasteiger partial charge in [0.2, 0.25) is 0 Å². The first kappa shape index (κ1) is 22.7. The zero-order valence-electron chi connectivity index (χ0n) is 18.2. The molecule has 8 nitrogen and oxygen atoms in total. The number of rotatable bonds is 7. The maximum atomic E-state index is 14.4. The molecule has 1 fully saturated rings. The van der Waals surface area contributed by atoms with E-state index in [0.29, 0.717) is 36.1 Å². The minimum absolute atomic E-state index is 0.158. The van der Waals surface area contributed by atoms with Crippen molar-refractivity contribution in [1.82, 2.24) is 30.2 Å². The zero-order valence-corrected chi connectivity index (χ0v) is 18.2. The van der Waals surface area contributed by atoms with E-state index in [0.717, 1.165) is 30.5 Å². The Bertz CT molecular complexity index is 1400. The van der Waals surface area contributed by atoms with Crippen molar-refractivity contribution in [2.75, 3.05) is 5.32 Å². The first-order chi connectivity index (χ1) is 16.8. The minimum Gasteiger partial charge on any atom is -0.333 e. The lowest BCUT2D eigenvalue weighted by Gasteiger charge is -2.14. The Kier molecular flexibility index (Phi) is 5.79. The van der Waals surface area contributed by atoms with Gasteiger partial charge in [-0.1, -0.05) is 17.3 Å². The summed E-state index contributed by atoms with van der Waals surface area (Å²) in [4.78, 5) is 17.5. The topological polar surface area (TPSA) is 101 Å². The highest BCUT2D eigenvalue weighted by molar-refractivity contribution is 5.58. The molecule has 2 aromatic heterocycles. The van der Waals surface area contributed by atoms with Gasteiger partial charge in [-0.3, -0.25) is 9.36 Å². The predicted molar refractivity (Wildman–Crippen MR) is 118 cm³/mol. The monoisotopic (exact) mass is 485 g/mol. The number of hydrogen-bond donors (Lipinski definition) is 2. The fourth-order valence-corrected chi connectivity index (χ4v) is 3.65. The van der Waals surface area contributed by atoms with Crippen molar-refractivity contribution in [3.05, 3.63) is 87.5 Å². The summed E-state index contributed by atoms with van der Waals surface area (Å²) < 4.78 is 54.4. The van der Waals surface area contributed by atoms with Crippen LogP contribution in [0, 0.1) is 5.82 Å². The van der Waals surface area contributed by atoms with Crippen molar-refractivity contribution in [1.29, 1.82) is 0 Å². The number of H-pyrrole nitrogens is 1. The molecule has 0 saturated heterocycles. The highest BCUT2D eigenvalue weighted by atomic mass is 19.4. The third-order valence-corrected chi connectivity index (χ3v) is 5.71. The fourth-order valence-electron chi connectivity index (χ4n) is 3.65. The van der Waals surface area contributed by atoms with Crippen molar-refractivity contribution in [2.45, 2.75) is 37.8 Å². The van der Waals surface area contributed by atoms with Crippen LogP contribution in [-0.4, -0.2) is 30.2 Å². The summed E-state index contributed by atoms with van der Waals surface area (Å²) in [6, 6.07) is 9.41. The van der Waals surface area contributed by atoms with E-state index in [9.17, 15) is 22.4 Å². The van der Waals surface area contributed by atoms with Crippen LogP contribution >= 0.6 is 0 Å². The van der Waals surface area contributed by atoms with Gasteiger partial charge in [0, 0.05) is 24.2 Å². The van der Waals surface area contributed by atoms with Crippen LogP contribution in [0.5, 0.6) is 0 Å². The Morgan fingerprint density at radius 1 is 1.09 bits per heavy atom. The molecule has 0 amide bonds. The molecule has 1 aliphatic rings. The number of anilines is 2. The van der Waals surface area contributed by atoms with E-state index < -0.39 is 23.1 Å². The molecule has 180 valence electrons. The van der Waals surface area contributed by atoms with Gasteiger partial charge < -0.3 is 5.32 Å². The average molecular weight is 485 g/mol. The van der Waals surface area contributed by atoms with Crippen LogP contribution in [0.25, 0.3) is 5.69 Å². The van der Waals surface area contributed by atoms with Gasteiger partial charge in [0.25, 0.3) is 5.56 Å². The molecule has 4 aromatic rings. The van der Waals surface area contributed by atoms with Gasteiger partial charge >= 0.3 is 6.18 Å². The molecule has 0 aliphatic heterocycles. The molecule has 0 radical (unpaired) electrons. The van der Waals surface area contributed by atoms with Gasteiger partial charge in [-0.15, -0.1) is 10.2 Å². The normalized spacial score (nSPS) is 13.7. The number of tetrazole rings is 1. The van der Waals surface area contributed by atoms with E-state index >= 15 is 0 Å². The van der Waals surface area contributed by atoms with Crippen molar-refractivity contribution in [3.63, 3.8) is 0 Å². The Labute approximate surface area is 196 Å². The fraction of sp³-hybridized carbons (Fsp3) is 0.261. The molecule has 0 atom stereocenters. The molecule has 2 heterocycles. The quantitative estimate of drug-likeness (QED) is 0.379. The summed E-state index contributed by atoms with van der Waals surface area (Å²) in [5, 5.41) is 16.4. The molecule has 2 N–H and O–H groups in total. The second-order valence-corrected chi connectivity index (χ2v) is 8.28. The Balaban J connectivity index is 1.43. The summed E-state index contributed by atoms with van der Waals surface area (Å²) in [7, 11) is 0. The summed E-state index contributed by atoms with van der Waals surface area (Å²) in [6.45, 7) is 0. The summed E-state index contributed by atoms with van der Waals surface area (Å²) in [6.07, 6.45) is 0.0845. The smallest absolute Gasteiger partial charge is 0.333 e. The molecule has 12 heteroatoms. The van der Waals surface area contributed by atoms with Gasteiger partial charge in [-0.2, -0.15) is 18.4 Å². The lowest BCUT2D eigenvalue weighted by Crippen LogP contribution is -2.23. The second-order valence-electron chi connectivity index (χ2n) is 8.28. The van der Waals surface area contributed by atoms with Crippen molar-refractivity contribution in [3.8, 4) is 5.69 Å². The third kappa shape index (κ3) is 5.05. The molecule has 35 heavy (non-hydrogen) atoms. The van der Waals surface area contributed by atoms with Crippen LogP contribution in [-0.2, 0) is 19.0 Å². The van der Waals surface area contributed by atoms with Crippen LogP contribution in [0.1, 0.15) is 41.4 Å². The molecule has 2 aromatic carbocycles. The van der Waals surface area contributed by atoms with E-state index in [-0.39, 0.29) is 17.4 Å². The number of halogens is 4. The van der Waals surface area contributed by atoms with Crippen LogP contribution in [0.15, 0.2) is 53.5 Å². The Hall–Kier alpha value is -4.09. The van der Waals surface area contributed by atoms with Gasteiger partial charge in [0.15, 0.2) is 11.6 Å². The maximum absolute atomic E-state index is 14.4. The maximum Gasteiger partial charge on any atom is 0.416 e. The standard InChI is InChI=1S/C23H19F4N7O/c24-17-11-15(23(25,26)27)6-9-18(17)28-21-22(35)34(12-19(29-21)14-4-5-14)16-7-1-13(2-8-16)3-10-20-30-32-33-31-20/h1-2,6-9,11-12,14H,3-5,10H2,(H,28,29)(H,30,31,32,33). The van der Waals surface area contributed by atoms with Crippen molar-refractivity contribution >= 4 is 11.5 Å². The first-order valence-electron chi connectivity index (χ1n) is 10.9. The van der Waals surface area contributed by atoms with Crippen molar-refractivity contribution in [2.24, 2.45) is 0 Å². The van der Waals surface area contributed by atoms with Crippen LogP contribution in [0.3, 0.4) is 0 Å². The summed E-state index contributed by atoms with van der Waals surface area (Å²) in [5.74, 6) is -0.515. The first-order valence-corrected chi connectivity index (χ1v) is 10.9. The van der Waals surface area contributed by atoms with Gasteiger partial charge in [0.1, 0.15) is 5.82 Å². The molecule has 0 bridgehead atoms. The van der Waals surface area contributed by atoms with Gasteiger partial charge in [-0.25, -0.2) is 9.37 Å². The van der Waals surface area contributed by atoms with Crippen LogP contribution < -0.4 is 10.9 Å².